The standard InChI is InChI=1S/C18H27NO2/c1-18(2,14-6-4-3-5-7-14)13-12-17(21)19-15-8-10-16(20)11-9-15/h3-7,15-16,20H,8-13H2,1-2H3,(H,19,21). The molecule has 1 fully saturated rings. The normalized spacial score (nSPS) is 22.8. The fourth-order valence-corrected chi connectivity index (χ4v) is 2.98. The summed E-state index contributed by atoms with van der Waals surface area (Å²) in [5, 5.41) is 12.6. The van der Waals surface area contributed by atoms with E-state index >= 15 is 0 Å². The molecule has 116 valence electrons. The lowest BCUT2D eigenvalue weighted by molar-refractivity contribution is -0.122. The Balaban J connectivity index is 1.78. The molecule has 0 spiro atoms. The zero-order chi connectivity index (χ0) is 15.3. The summed E-state index contributed by atoms with van der Waals surface area (Å²) in [6.45, 7) is 4.37. The number of benzene rings is 1. The summed E-state index contributed by atoms with van der Waals surface area (Å²) in [5.41, 5.74) is 1.29. The molecule has 1 aliphatic rings. The van der Waals surface area contributed by atoms with Gasteiger partial charge < -0.3 is 10.4 Å². The molecule has 0 saturated heterocycles. The van der Waals surface area contributed by atoms with Crippen LogP contribution >= 0.6 is 0 Å². The van der Waals surface area contributed by atoms with Gasteiger partial charge in [-0.15, -0.1) is 0 Å². The van der Waals surface area contributed by atoms with Crippen molar-refractivity contribution in [2.45, 2.75) is 69.9 Å². The fraction of sp³-hybridized carbons (Fsp3) is 0.611. The van der Waals surface area contributed by atoms with E-state index < -0.39 is 0 Å². The predicted molar refractivity (Wildman–Crippen MR) is 85.1 cm³/mol. The molecule has 3 heteroatoms. The Bertz CT molecular complexity index is 448. The minimum atomic E-state index is -0.171. The summed E-state index contributed by atoms with van der Waals surface area (Å²) in [6, 6.07) is 10.6. The molecule has 1 aliphatic carbocycles. The van der Waals surface area contributed by atoms with Crippen molar-refractivity contribution in [2.75, 3.05) is 0 Å². The van der Waals surface area contributed by atoms with Gasteiger partial charge in [-0.3, -0.25) is 4.79 Å². The maximum absolute atomic E-state index is 12.1. The van der Waals surface area contributed by atoms with Crippen LogP contribution in [0.5, 0.6) is 0 Å². The molecule has 21 heavy (non-hydrogen) atoms. The average Bonchev–Trinajstić information content (AvgIpc) is 2.49. The van der Waals surface area contributed by atoms with Gasteiger partial charge in [0.15, 0.2) is 0 Å². The summed E-state index contributed by atoms with van der Waals surface area (Å²) in [6.07, 6.45) is 4.64. The quantitative estimate of drug-likeness (QED) is 0.874. The van der Waals surface area contributed by atoms with Gasteiger partial charge in [0.05, 0.1) is 6.10 Å². The number of carbonyl (C=O) groups excluding carboxylic acids is 1. The number of carbonyl (C=O) groups is 1. The molecule has 0 heterocycles. The van der Waals surface area contributed by atoms with E-state index in [0.717, 1.165) is 32.1 Å². The molecular weight excluding hydrogens is 262 g/mol. The van der Waals surface area contributed by atoms with E-state index in [-0.39, 0.29) is 23.5 Å². The highest BCUT2D eigenvalue weighted by molar-refractivity contribution is 5.76. The van der Waals surface area contributed by atoms with Gasteiger partial charge in [0.25, 0.3) is 0 Å². The Morgan fingerprint density at radius 1 is 1.19 bits per heavy atom. The molecule has 2 rings (SSSR count). The molecule has 1 aromatic carbocycles. The first-order chi connectivity index (χ1) is 9.97. The molecule has 0 bridgehead atoms. The summed E-state index contributed by atoms with van der Waals surface area (Å²) in [5.74, 6) is 0.139. The third-order valence-corrected chi connectivity index (χ3v) is 4.59. The summed E-state index contributed by atoms with van der Waals surface area (Å²) < 4.78 is 0. The molecule has 0 atom stereocenters. The van der Waals surface area contributed by atoms with Gasteiger partial charge in [-0.25, -0.2) is 0 Å². The Morgan fingerprint density at radius 3 is 2.43 bits per heavy atom. The Labute approximate surface area is 127 Å². The number of hydrogen-bond acceptors (Lipinski definition) is 2. The smallest absolute Gasteiger partial charge is 0.220 e. The fourth-order valence-electron chi connectivity index (χ4n) is 2.98. The van der Waals surface area contributed by atoms with Gasteiger partial charge in [0.2, 0.25) is 5.91 Å². The highest BCUT2D eigenvalue weighted by Gasteiger charge is 2.24. The Kier molecular flexibility index (Phi) is 5.40. The predicted octanol–water partition coefficient (Wildman–Crippen LogP) is 3.16. The first-order valence-corrected chi connectivity index (χ1v) is 8.00. The Hall–Kier alpha value is -1.35. The maximum Gasteiger partial charge on any atom is 0.220 e. The third-order valence-electron chi connectivity index (χ3n) is 4.59. The number of aliphatic hydroxyl groups is 1. The lowest BCUT2D eigenvalue weighted by atomic mass is 9.80. The van der Waals surface area contributed by atoms with Gasteiger partial charge in [-0.05, 0) is 43.1 Å². The van der Waals surface area contributed by atoms with Crippen molar-refractivity contribution in [2.24, 2.45) is 0 Å². The van der Waals surface area contributed by atoms with E-state index in [1.165, 1.54) is 5.56 Å². The zero-order valence-corrected chi connectivity index (χ0v) is 13.1. The van der Waals surface area contributed by atoms with Crippen LogP contribution in [0.25, 0.3) is 0 Å². The van der Waals surface area contributed by atoms with Crippen molar-refractivity contribution in [3.8, 4) is 0 Å². The monoisotopic (exact) mass is 289 g/mol. The van der Waals surface area contributed by atoms with Crippen LogP contribution in [0.1, 0.15) is 57.9 Å². The van der Waals surface area contributed by atoms with Crippen LogP contribution in [0.3, 0.4) is 0 Å². The van der Waals surface area contributed by atoms with Gasteiger partial charge in [-0.1, -0.05) is 44.2 Å². The lowest BCUT2D eigenvalue weighted by Crippen LogP contribution is -2.39. The molecule has 1 saturated carbocycles. The van der Waals surface area contributed by atoms with E-state index in [2.05, 4.69) is 31.3 Å². The minimum absolute atomic E-state index is 0.0152. The van der Waals surface area contributed by atoms with E-state index in [9.17, 15) is 9.90 Å². The van der Waals surface area contributed by atoms with Crippen LogP contribution in [0.4, 0.5) is 0 Å². The number of amides is 1. The summed E-state index contributed by atoms with van der Waals surface area (Å²) in [4.78, 5) is 12.1. The molecule has 2 N–H and O–H groups in total. The number of aliphatic hydroxyl groups excluding tert-OH is 1. The molecule has 0 unspecified atom stereocenters. The summed E-state index contributed by atoms with van der Waals surface area (Å²) >= 11 is 0. The van der Waals surface area contributed by atoms with Gasteiger partial charge >= 0.3 is 0 Å². The Morgan fingerprint density at radius 2 is 1.81 bits per heavy atom. The first-order valence-electron chi connectivity index (χ1n) is 8.00. The van der Waals surface area contributed by atoms with Crippen molar-refractivity contribution in [1.29, 1.82) is 0 Å². The third kappa shape index (κ3) is 4.85. The maximum atomic E-state index is 12.1. The van der Waals surface area contributed by atoms with E-state index in [4.69, 9.17) is 0 Å². The molecule has 1 amide bonds. The van der Waals surface area contributed by atoms with Crippen LogP contribution in [0.2, 0.25) is 0 Å². The first kappa shape index (κ1) is 16.0. The number of rotatable bonds is 5. The molecule has 3 nitrogen and oxygen atoms in total. The topological polar surface area (TPSA) is 49.3 Å². The van der Waals surface area contributed by atoms with E-state index in [1.807, 2.05) is 18.2 Å². The second-order valence-corrected chi connectivity index (χ2v) is 6.82. The van der Waals surface area contributed by atoms with Crippen molar-refractivity contribution in [3.05, 3.63) is 35.9 Å². The minimum Gasteiger partial charge on any atom is -0.393 e. The molecule has 0 radical (unpaired) electrons. The molecule has 0 aromatic heterocycles. The van der Waals surface area contributed by atoms with Crippen molar-refractivity contribution < 1.29 is 9.90 Å². The van der Waals surface area contributed by atoms with Gasteiger partial charge in [0.1, 0.15) is 0 Å². The zero-order valence-electron chi connectivity index (χ0n) is 13.1. The molecular formula is C18H27NO2. The van der Waals surface area contributed by atoms with Crippen molar-refractivity contribution in [1.82, 2.24) is 5.32 Å². The molecule has 0 aliphatic heterocycles. The van der Waals surface area contributed by atoms with Crippen LogP contribution in [-0.4, -0.2) is 23.2 Å². The van der Waals surface area contributed by atoms with Crippen molar-refractivity contribution >= 4 is 5.91 Å². The molecule has 1 aromatic rings. The van der Waals surface area contributed by atoms with E-state index in [0.29, 0.717) is 6.42 Å². The largest absolute Gasteiger partial charge is 0.393 e. The average molecular weight is 289 g/mol. The van der Waals surface area contributed by atoms with Crippen LogP contribution < -0.4 is 5.32 Å². The van der Waals surface area contributed by atoms with Crippen LogP contribution in [-0.2, 0) is 10.2 Å². The van der Waals surface area contributed by atoms with Gasteiger partial charge in [-0.2, -0.15) is 0 Å². The highest BCUT2D eigenvalue weighted by atomic mass is 16.3. The number of nitrogens with one attached hydrogen (secondary N) is 1. The second-order valence-electron chi connectivity index (χ2n) is 6.82. The van der Waals surface area contributed by atoms with Gasteiger partial charge in [0, 0.05) is 12.5 Å². The van der Waals surface area contributed by atoms with Crippen molar-refractivity contribution in [3.63, 3.8) is 0 Å². The highest BCUT2D eigenvalue weighted by Crippen LogP contribution is 2.28. The summed E-state index contributed by atoms with van der Waals surface area (Å²) in [7, 11) is 0. The van der Waals surface area contributed by atoms with E-state index in [1.54, 1.807) is 0 Å². The SMILES string of the molecule is CC(C)(CCC(=O)NC1CCC(O)CC1)c1ccccc1. The van der Waals surface area contributed by atoms with Crippen LogP contribution in [0.15, 0.2) is 30.3 Å². The second kappa shape index (κ2) is 7.08. The number of hydrogen-bond donors (Lipinski definition) is 2. The lowest BCUT2D eigenvalue weighted by Gasteiger charge is -2.28. The van der Waals surface area contributed by atoms with Crippen LogP contribution in [0, 0.1) is 0 Å².